The van der Waals surface area contributed by atoms with Crippen LogP contribution in [0.4, 0.5) is 5.69 Å². The van der Waals surface area contributed by atoms with Crippen molar-refractivity contribution in [2.75, 3.05) is 4.72 Å². The van der Waals surface area contributed by atoms with Crippen LogP contribution >= 0.6 is 11.6 Å². The summed E-state index contributed by atoms with van der Waals surface area (Å²) in [5, 5.41) is 4.37. The molecule has 0 aliphatic heterocycles. The van der Waals surface area contributed by atoms with E-state index in [1.807, 2.05) is 0 Å². The van der Waals surface area contributed by atoms with Crippen LogP contribution in [-0.2, 0) is 17.1 Å². The van der Waals surface area contributed by atoms with E-state index < -0.39 is 10.0 Å². The standard InChI is InChI=1S/C10H10ClN3O2S/c1-14-7-10(6-12-14)17(15,16)13-9-4-2-8(11)3-5-9/h2-7,13H,1H3. The van der Waals surface area contributed by atoms with Crippen molar-refractivity contribution in [3.63, 3.8) is 0 Å². The third-order valence-electron chi connectivity index (χ3n) is 2.09. The first-order valence-corrected chi connectivity index (χ1v) is 6.60. The highest BCUT2D eigenvalue weighted by atomic mass is 35.5. The Labute approximate surface area is 104 Å². The molecular formula is C10H10ClN3O2S. The molecule has 1 heterocycles. The van der Waals surface area contributed by atoms with Crippen molar-refractivity contribution in [3.8, 4) is 0 Å². The van der Waals surface area contributed by atoms with Gasteiger partial charge in [0.25, 0.3) is 10.0 Å². The lowest BCUT2D eigenvalue weighted by Crippen LogP contribution is -2.12. The van der Waals surface area contributed by atoms with Gasteiger partial charge in [0, 0.05) is 24.0 Å². The van der Waals surface area contributed by atoms with Gasteiger partial charge in [-0.05, 0) is 24.3 Å². The van der Waals surface area contributed by atoms with E-state index in [-0.39, 0.29) is 4.90 Å². The molecule has 0 bridgehead atoms. The Bertz CT molecular complexity index is 619. The number of aromatic nitrogens is 2. The fourth-order valence-corrected chi connectivity index (χ4v) is 2.44. The van der Waals surface area contributed by atoms with Gasteiger partial charge in [0.05, 0.1) is 6.20 Å². The van der Waals surface area contributed by atoms with Gasteiger partial charge in [-0.15, -0.1) is 0 Å². The summed E-state index contributed by atoms with van der Waals surface area (Å²) in [4.78, 5) is 0.120. The van der Waals surface area contributed by atoms with Crippen LogP contribution in [0.3, 0.4) is 0 Å². The van der Waals surface area contributed by atoms with Crippen LogP contribution in [0.1, 0.15) is 0 Å². The van der Waals surface area contributed by atoms with E-state index in [4.69, 9.17) is 11.6 Å². The summed E-state index contributed by atoms with van der Waals surface area (Å²) in [7, 11) is -1.93. The molecular weight excluding hydrogens is 262 g/mol. The normalized spacial score (nSPS) is 11.4. The van der Waals surface area contributed by atoms with Gasteiger partial charge in [-0.3, -0.25) is 9.40 Å². The summed E-state index contributed by atoms with van der Waals surface area (Å²) >= 11 is 5.71. The molecule has 1 aromatic heterocycles. The first-order valence-electron chi connectivity index (χ1n) is 4.74. The van der Waals surface area contributed by atoms with Crippen LogP contribution in [0.2, 0.25) is 5.02 Å². The van der Waals surface area contributed by atoms with Crippen molar-refractivity contribution in [3.05, 3.63) is 41.7 Å². The van der Waals surface area contributed by atoms with E-state index in [0.717, 1.165) is 0 Å². The molecule has 2 rings (SSSR count). The number of benzene rings is 1. The molecule has 0 saturated heterocycles. The van der Waals surface area contributed by atoms with Crippen LogP contribution in [0.25, 0.3) is 0 Å². The molecule has 0 spiro atoms. The fourth-order valence-electron chi connectivity index (χ4n) is 1.27. The van der Waals surface area contributed by atoms with E-state index in [1.165, 1.54) is 17.1 Å². The van der Waals surface area contributed by atoms with Crippen molar-refractivity contribution in [1.82, 2.24) is 9.78 Å². The van der Waals surface area contributed by atoms with Crippen molar-refractivity contribution >= 4 is 27.3 Å². The Morgan fingerprint density at radius 2 is 1.94 bits per heavy atom. The Hall–Kier alpha value is -1.53. The molecule has 1 aromatic carbocycles. The van der Waals surface area contributed by atoms with Crippen molar-refractivity contribution < 1.29 is 8.42 Å². The van der Waals surface area contributed by atoms with E-state index in [1.54, 1.807) is 31.3 Å². The average molecular weight is 272 g/mol. The summed E-state index contributed by atoms with van der Waals surface area (Å²) in [6, 6.07) is 6.41. The minimum Gasteiger partial charge on any atom is -0.280 e. The second kappa shape index (κ2) is 4.38. The number of halogens is 1. The lowest BCUT2D eigenvalue weighted by atomic mass is 10.3. The van der Waals surface area contributed by atoms with Crippen LogP contribution in [0, 0.1) is 0 Å². The molecule has 90 valence electrons. The van der Waals surface area contributed by atoms with Gasteiger partial charge in [-0.25, -0.2) is 8.42 Å². The lowest BCUT2D eigenvalue weighted by molar-refractivity contribution is 0.601. The Morgan fingerprint density at radius 3 is 2.47 bits per heavy atom. The van der Waals surface area contributed by atoms with E-state index in [0.29, 0.717) is 10.7 Å². The number of rotatable bonds is 3. The van der Waals surface area contributed by atoms with Crippen LogP contribution in [0.5, 0.6) is 0 Å². The van der Waals surface area contributed by atoms with Crippen molar-refractivity contribution in [2.24, 2.45) is 7.05 Å². The Kier molecular flexibility index (Phi) is 3.08. The van der Waals surface area contributed by atoms with Gasteiger partial charge in [0.1, 0.15) is 4.90 Å². The maximum absolute atomic E-state index is 11.9. The van der Waals surface area contributed by atoms with Gasteiger partial charge in [0.15, 0.2) is 0 Å². The number of sulfonamides is 1. The van der Waals surface area contributed by atoms with Gasteiger partial charge in [-0.2, -0.15) is 5.10 Å². The number of anilines is 1. The summed E-state index contributed by atoms with van der Waals surface area (Å²) in [5.74, 6) is 0. The molecule has 17 heavy (non-hydrogen) atoms. The quantitative estimate of drug-likeness (QED) is 0.927. The monoisotopic (exact) mass is 271 g/mol. The molecule has 0 amide bonds. The maximum atomic E-state index is 11.9. The molecule has 2 aromatic rings. The van der Waals surface area contributed by atoms with Gasteiger partial charge < -0.3 is 0 Å². The molecule has 1 N–H and O–H groups in total. The molecule has 0 aliphatic rings. The molecule has 0 fully saturated rings. The predicted molar refractivity (Wildman–Crippen MR) is 65.5 cm³/mol. The zero-order valence-electron chi connectivity index (χ0n) is 8.96. The van der Waals surface area contributed by atoms with Crippen LogP contribution in [0.15, 0.2) is 41.6 Å². The van der Waals surface area contributed by atoms with Crippen LogP contribution in [-0.4, -0.2) is 18.2 Å². The molecule has 0 aliphatic carbocycles. The molecule has 5 nitrogen and oxygen atoms in total. The summed E-state index contributed by atoms with van der Waals surface area (Å²) < 4.78 is 27.7. The highest BCUT2D eigenvalue weighted by molar-refractivity contribution is 7.92. The third kappa shape index (κ3) is 2.78. The van der Waals surface area contributed by atoms with Crippen molar-refractivity contribution in [2.45, 2.75) is 4.90 Å². The highest BCUT2D eigenvalue weighted by Gasteiger charge is 2.15. The molecule has 0 radical (unpaired) electrons. The van der Waals surface area contributed by atoms with E-state index in [2.05, 4.69) is 9.82 Å². The fraction of sp³-hybridized carbons (Fsp3) is 0.100. The van der Waals surface area contributed by atoms with Crippen LogP contribution < -0.4 is 4.72 Å². The zero-order chi connectivity index (χ0) is 12.5. The first-order chi connectivity index (χ1) is 7.97. The highest BCUT2D eigenvalue weighted by Crippen LogP contribution is 2.17. The molecule has 7 heteroatoms. The Morgan fingerprint density at radius 1 is 1.29 bits per heavy atom. The van der Waals surface area contributed by atoms with E-state index in [9.17, 15) is 8.42 Å². The first kappa shape index (κ1) is 11.9. The second-order valence-corrected chi connectivity index (χ2v) is 5.58. The van der Waals surface area contributed by atoms with Gasteiger partial charge in [-0.1, -0.05) is 11.6 Å². The average Bonchev–Trinajstić information content (AvgIpc) is 2.69. The summed E-state index contributed by atoms with van der Waals surface area (Å²) in [6.07, 6.45) is 2.72. The number of aryl methyl sites for hydroxylation is 1. The topological polar surface area (TPSA) is 64.0 Å². The van der Waals surface area contributed by atoms with Crippen molar-refractivity contribution in [1.29, 1.82) is 0 Å². The largest absolute Gasteiger partial charge is 0.280 e. The number of hydrogen-bond acceptors (Lipinski definition) is 3. The van der Waals surface area contributed by atoms with E-state index >= 15 is 0 Å². The molecule has 0 atom stereocenters. The molecule has 0 saturated carbocycles. The predicted octanol–water partition coefficient (Wildman–Crippen LogP) is 1.87. The minimum absolute atomic E-state index is 0.120. The summed E-state index contributed by atoms with van der Waals surface area (Å²) in [5.41, 5.74) is 0.457. The van der Waals surface area contributed by atoms with Gasteiger partial charge in [0.2, 0.25) is 0 Å². The maximum Gasteiger partial charge on any atom is 0.265 e. The van der Waals surface area contributed by atoms with Gasteiger partial charge >= 0.3 is 0 Å². The summed E-state index contributed by atoms with van der Waals surface area (Å²) in [6.45, 7) is 0. The third-order valence-corrected chi connectivity index (χ3v) is 3.68. The Balaban J connectivity index is 2.26. The zero-order valence-corrected chi connectivity index (χ0v) is 10.5. The SMILES string of the molecule is Cn1cc(S(=O)(=O)Nc2ccc(Cl)cc2)cn1. The molecule has 0 unspecified atom stereocenters. The number of nitrogens with zero attached hydrogens (tertiary/aromatic N) is 2. The smallest absolute Gasteiger partial charge is 0.265 e. The number of hydrogen-bond donors (Lipinski definition) is 1. The lowest BCUT2D eigenvalue weighted by Gasteiger charge is -2.05. The minimum atomic E-state index is -3.58. The second-order valence-electron chi connectivity index (χ2n) is 3.46. The number of nitrogens with one attached hydrogen (secondary N) is 1.